The second kappa shape index (κ2) is 6.43. The number of aromatic nitrogens is 3. The number of aryl methyl sites for hydroxylation is 2. The monoisotopic (exact) mass is 329 g/mol. The second-order valence-electron chi connectivity index (χ2n) is 6.47. The summed E-state index contributed by atoms with van der Waals surface area (Å²) in [7, 11) is 2.14. The van der Waals surface area contributed by atoms with E-state index in [1.165, 1.54) is 41.4 Å². The zero-order valence-corrected chi connectivity index (χ0v) is 14.4. The number of nitrogens with zero attached hydrogens (tertiary/aromatic N) is 5. The highest BCUT2D eigenvalue weighted by Gasteiger charge is 2.26. The van der Waals surface area contributed by atoms with E-state index in [4.69, 9.17) is 4.98 Å². The summed E-state index contributed by atoms with van der Waals surface area (Å²) >= 11 is 1.93. The zero-order chi connectivity index (χ0) is 15.6. The minimum absolute atomic E-state index is 0.552. The number of thiazole rings is 1. The lowest BCUT2D eigenvalue weighted by Gasteiger charge is -2.37. The Kier molecular flexibility index (Phi) is 4.16. The highest BCUT2D eigenvalue weighted by atomic mass is 32.1. The largest absolute Gasteiger partial charge is 0.356 e. The maximum absolute atomic E-state index is 4.91. The van der Waals surface area contributed by atoms with E-state index >= 15 is 0 Å². The van der Waals surface area contributed by atoms with Crippen LogP contribution in [0.25, 0.3) is 0 Å². The molecule has 2 aromatic rings. The van der Waals surface area contributed by atoms with Crippen LogP contribution in [0, 0.1) is 0 Å². The number of rotatable bonds is 3. The van der Waals surface area contributed by atoms with Gasteiger partial charge in [0.05, 0.1) is 5.69 Å². The fraction of sp³-hybridized carbons (Fsp3) is 0.588. The average Bonchev–Trinajstić information content (AvgIpc) is 3.06. The molecule has 0 bridgehead atoms. The Labute approximate surface area is 141 Å². The van der Waals surface area contributed by atoms with Gasteiger partial charge in [-0.15, -0.1) is 11.3 Å². The summed E-state index contributed by atoms with van der Waals surface area (Å²) in [5.74, 6) is 1.02. The molecule has 4 rings (SSSR count). The van der Waals surface area contributed by atoms with Gasteiger partial charge in [0.2, 0.25) is 0 Å². The van der Waals surface area contributed by atoms with Gasteiger partial charge < -0.3 is 9.80 Å². The van der Waals surface area contributed by atoms with Gasteiger partial charge in [0, 0.05) is 37.3 Å². The molecule has 0 amide bonds. The highest BCUT2D eigenvalue weighted by Crippen LogP contribution is 2.33. The lowest BCUT2D eigenvalue weighted by molar-refractivity contribution is 0.479. The van der Waals surface area contributed by atoms with Crippen LogP contribution in [-0.4, -0.2) is 41.1 Å². The SMILES string of the molecule is CN(c1ccncn1)C1CCN(c2nc3c(s2)CCCC3)CC1. The van der Waals surface area contributed by atoms with Crippen LogP contribution >= 0.6 is 11.3 Å². The molecule has 0 unspecified atom stereocenters. The first-order chi connectivity index (χ1) is 11.3. The number of fused-ring (bicyclic) bond motifs is 1. The van der Waals surface area contributed by atoms with E-state index in [2.05, 4.69) is 26.8 Å². The second-order valence-corrected chi connectivity index (χ2v) is 7.53. The van der Waals surface area contributed by atoms with E-state index in [0.29, 0.717) is 6.04 Å². The molecule has 0 radical (unpaired) electrons. The van der Waals surface area contributed by atoms with E-state index in [0.717, 1.165) is 31.7 Å². The molecule has 0 aromatic carbocycles. The molecule has 0 N–H and O–H groups in total. The summed E-state index contributed by atoms with van der Waals surface area (Å²) < 4.78 is 0. The summed E-state index contributed by atoms with van der Waals surface area (Å²) in [5.41, 5.74) is 1.37. The van der Waals surface area contributed by atoms with Crippen molar-refractivity contribution in [1.29, 1.82) is 0 Å². The third-order valence-corrected chi connectivity index (χ3v) is 6.26. The zero-order valence-electron chi connectivity index (χ0n) is 13.6. The molecule has 1 aliphatic heterocycles. The lowest BCUT2D eigenvalue weighted by atomic mass is 10.0. The average molecular weight is 329 g/mol. The molecule has 3 heterocycles. The Balaban J connectivity index is 1.40. The van der Waals surface area contributed by atoms with Crippen molar-refractivity contribution in [2.75, 3.05) is 29.9 Å². The van der Waals surface area contributed by atoms with Gasteiger partial charge in [-0.3, -0.25) is 0 Å². The topological polar surface area (TPSA) is 45.2 Å². The summed E-state index contributed by atoms with van der Waals surface area (Å²) in [4.78, 5) is 19.6. The van der Waals surface area contributed by atoms with Crippen molar-refractivity contribution >= 4 is 22.3 Å². The Bertz CT molecular complexity index is 625. The Hall–Kier alpha value is -1.69. The molecule has 122 valence electrons. The molecule has 2 aliphatic rings. The molecule has 1 aliphatic carbocycles. The molecule has 6 heteroatoms. The third kappa shape index (κ3) is 3.04. The van der Waals surface area contributed by atoms with Crippen LogP contribution in [0.3, 0.4) is 0 Å². The van der Waals surface area contributed by atoms with E-state index < -0.39 is 0 Å². The van der Waals surface area contributed by atoms with Crippen molar-refractivity contribution in [1.82, 2.24) is 15.0 Å². The smallest absolute Gasteiger partial charge is 0.185 e. The van der Waals surface area contributed by atoms with E-state index in [1.807, 2.05) is 23.6 Å². The molecule has 23 heavy (non-hydrogen) atoms. The third-order valence-electron chi connectivity index (χ3n) is 5.04. The van der Waals surface area contributed by atoms with E-state index in [1.54, 1.807) is 6.33 Å². The Morgan fingerprint density at radius 1 is 1.22 bits per heavy atom. The van der Waals surface area contributed by atoms with Crippen LogP contribution in [0.1, 0.15) is 36.3 Å². The van der Waals surface area contributed by atoms with Crippen molar-refractivity contribution in [3.63, 3.8) is 0 Å². The molecular formula is C17H23N5S. The molecule has 1 fully saturated rings. The highest BCUT2D eigenvalue weighted by molar-refractivity contribution is 7.15. The molecule has 0 saturated carbocycles. The maximum atomic E-state index is 4.91. The van der Waals surface area contributed by atoms with Crippen molar-refractivity contribution < 1.29 is 0 Å². The molecule has 2 aromatic heterocycles. The molecule has 0 atom stereocenters. The standard InChI is InChI=1S/C17H23N5S/c1-21(16-6-9-18-12-19-16)13-7-10-22(11-8-13)17-20-14-4-2-3-5-15(14)23-17/h6,9,12-13H,2-5,7-8,10-11H2,1H3. The predicted molar refractivity (Wildman–Crippen MR) is 94.4 cm³/mol. The minimum Gasteiger partial charge on any atom is -0.356 e. The van der Waals surface area contributed by atoms with Crippen molar-refractivity contribution in [2.45, 2.75) is 44.6 Å². The summed E-state index contributed by atoms with van der Waals surface area (Å²) in [6.07, 6.45) is 10.8. The van der Waals surface area contributed by atoms with Gasteiger partial charge in [0.15, 0.2) is 5.13 Å². The van der Waals surface area contributed by atoms with Gasteiger partial charge in [-0.2, -0.15) is 0 Å². The van der Waals surface area contributed by atoms with Crippen LogP contribution in [0.4, 0.5) is 10.9 Å². The Morgan fingerprint density at radius 3 is 2.78 bits per heavy atom. The van der Waals surface area contributed by atoms with Crippen LogP contribution in [-0.2, 0) is 12.8 Å². The fourth-order valence-corrected chi connectivity index (χ4v) is 4.80. The summed E-state index contributed by atoms with van der Waals surface area (Å²) in [6.45, 7) is 2.18. The first-order valence-electron chi connectivity index (χ1n) is 8.53. The number of anilines is 2. The van der Waals surface area contributed by atoms with Crippen LogP contribution < -0.4 is 9.80 Å². The van der Waals surface area contributed by atoms with Gasteiger partial charge in [-0.25, -0.2) is 15.0 Å². The lowest BCUT2D eigenvalue weighted by Crippen LogP contribution is -2.43. The molecule has 1 saturated heterocycles. The van der Waals surface area contributed by atoms with Gasteiger partial charge in [-0.05, 0) is 44.6 Å². The van der Waals surface area contributed by atoms with E-state index in [-0.39, 0.29) is 0 Å². The molecule has 0 spiro atoms. The van der Waals surface area contributed by atoms with Crippen molar-refractivity contribution in [2.24, 2.45) is 0 Å². The first-order valence-corrected chi connectivity index (χ1v) is 9.35. The van der Waals surface area contributed by atoms with E-state index in [9.17, 15) is 0 Å². The summed E-state index contributed by atoms with van der Waals surface area (Å²) in [5, 5.41) is 1.25. The number of hydrogen-bond acceptors (Lipinski definition) is 6. The number of hydrogen-bond donors (Lipinski definition) is 0. The van der Waals surface area contributed by atoms with Crippen molar-refractivity contribution in [3.8, 4) is 0 Å². The van der Waals surface area contributed by atoms with Crippen LogP contribution in [0.2, 0.25) is 0 Å². The normalized spacial score (nSPS) is 18.7. The van der Waals surface area contributed by atoms with Gasteiger partial charge in [0.1, 0.15) is 12.1 Å². The van der Waals surface area contributed by atoms with Crippen LogP contribution in [0.15, 0.2) is 18.6 Å². The van der Waals surface area contributed by atoms with Crippen LogP contribution in [0.5, 0.6) is 0 Å². The molecular weight excluding hydrogens is 306 g/mol. The fourth-order valence-electron chi connectivity index (χ4n) is 3.60. The van der Waals surface area contributed by atoms with Gasteiger partial charge in [-0.1, -0.05) is 0 Å². The molecule has 5 nitrogen and oxygen atoms in total. The predicted octanol–water partition coefficient (Wildman–Crippen LogP) is 2.92. The van der Waals surface area contributed by atoms with Crippen molar-refractivity contribution in [3.05, 3.63) is 29.2 Å². The van der Waals surface area contributed by atoms with Gasteiger partial charge >= 0.3 is 0 Å². The quantitative estimate of drug-likeness (QED) is 0.866. The number of piperidine rings is 1. The maximum Gasteiger partial charge on any atom is 0.185 e. The Morgan fingerprint density at radius 2 is 2.04 bits per heavy atom. The first kappa shape index (κ1) is 14.9. The van der Waals surface area contributed by atoms with Gasteiger partial charge in [0.25, 0.3) is 0 Å². The minimum atomic E-state index is 0.552. The summed E-state index contributed by atoms with van der Waals surface area (Å²) in [6, 6.07) is 2.54.